The van der Waals surface area contributed by atoms with Crippen molar-refractivity contribution in [1.29, 1.82) is 0 Å². The van der Waals surface area contributed by atoms with Crippen molar-refractivity contribution in [2.75, 3.05) is 38.1 Å². The average molecular weight is 426 g/mol. The molecule has 0 spiro atoms. The van der Waals surface area contributed by atoms with Crippen LogP contribution in [0.15, 0.2) is 36.4 Å². The number of hydrogen-bond donors (Lipinski definition) is 1. The van der Waals surface area contributed by atoms with E-state index in [4.69, 9.17) is 0 Å². The van der Waals surface area contributed by atoms with E-state index in [0.29, 0.717) is 5.56 Å². The van der Waals surface area contributed by atoms with Crippen LogP contribution < -0.4 is 10.2 Å². The molecular weight excluding hydrogens is 393 g/mol. The molecular formula is C25H32FN3O2. The van der Waals surface area contributed by atoms with E-state index in [1.165, 1.54) is 12.1 Å². The number of aryl methyl sites for hydroxylation is 2. The van der Waals surface area contributed by atoms with Crippen LogP contribution in [0.1, 0.15) is 52.9 Å². The Morgan fingerprint density at radius 1 is 1.00 bits per heavy atom. The second kappa shape index (κ2) is 10.1. The predicted molar refractivity (Wildman–Crippen MR) is 122 cm³/mol. The smallest absolute Gasteiger partial charge is 0.220 e. The summed E-state index contributed by atoms with van der Waals surface area (Å²) in [4.78, 5) is 29.5. The lowest BCUT2D eigenvalue weighted by Gasteiger charge is -2.36. The van der Waals surface area contributed by atoms with Gasteiger partial charge in [0.05, 0.1) is 6.04 Å². The molecule has 2 aromatic rings. The fourth-order valence-corrected chi connectivity index (χ4v) is 3.89. The number of benzene rings is 2. The highest BCUT2D eigenvalue weighted by atomic mass is 19.1. The van der Waals surface area contributed by atoms with E-state index in [1.807, 2.05) is 32.9 Å². The van der Waals surface area contributed by atoms with Crippen LogP contribution in [-0.4, -0.2) is 49.8 Å². The molecule has 1 fully saturated rings. The van der Waals surface area contributed by atoms with Crippen LogP contribution in [0, 0.1) is 19.7 Å². The van der Waals surface area contributed by atoms with E-state index in [-0.39, 0.29) is 36.4 Å². The number of hydrogen-bond acceptors (Lipinski definition) is 4. The fraction of sp³-hybridized carbons (Fsp3) is 0.440. The Balaban J connectivity index is 1.62. The van der Waals surface area contributed by atoms with Gasteiger partial charge < -0.3 is 15.1 Å². The summed E-state index contributed by atoms with van der Waals surface area (Å²) in [7, 11) is 2.09. The first-order valence-corrected chi connectivity index (χ1v) is 10.9. The zero-order valence-electron chi connectivity index (χ0n) is 18.9. The van der Waals surface area contributed by atoms with Gasteiger partial charge in [-0.25, -0.2) is 4.39 Å². The second-order valence-electron chi connectivity index (χ2n) is 8.50. The number of ketones is 1. The molecule has 1 atom stereocenters. The van der Waals surface area contributed by atoms with Crippen LogP contribution in [0.2, 0.25) is 0 Å². The zero-order chi connectivity index (χ0) is 22.5. The summed E-state index contributed by atoms with van der Waals surface area (Å²) in [6, 6.07) is 10.0. The minimum atomic E-state index is -0.352. The highest BCUT2D eigenvalue weighted by molar-refractivity contribution is 5.98. The Labute approximate surface area is 184 Å². The molecule has 1 aliphatic rings. The number of halogens is 1. The van der Waals surface area contributed by atoms with Gasteiger partial charge in [0.2, 0.25) is 5.91 Å². The molecule has 1 amide bonds. The summed E-state index contributed by atoms with van der Waals surface area (Å²) in [6.45, 7) is 9.44. The number of carbonyl (C=O) groups excluding carboxylic acids is 2. The molecule has 0 radical (unpaired) electrons. The number of piperazine rings is 1. The van der Waals surface area contributed by atoms with Crippen LogP contribution in [0.3, 0.4) is 0 Å². The van der Waals surface area contributed by atoms with Crippen molar-refractivity contribution in [3.05, 3.63) is 64.5 Å². The van der Waals surface area contributed by atoms with Crippen LogP contribution >= 0.6 is 0 Å². The van der Waals surface area contributed by atoms with Gasteiger partial charge in [-0.1, -0.05) is 12.1 Å². The molecule has 1 unspecified atom stereocenters. The van der Waals surface area contributed by atoms with E-state index in [1.54, 1.807) is 12.1 Å². The third-order valence-corrected chi connectivity index (χ3v) is 6.09. The van der Waals surface area contributed by atoms with Crippen molar-refractivity contribution in [2.45, 2.75) is 39.7 Å². The Hall–Kier alpha value is -2.73. The average Bonchev–Trinajstić information content (AvgIpc) is 2.74. The molecule has 0 saturated carbocycles. The highest BCUT2D eigenvalue weighted by Gasteiger charge is 2.21. The van der Waals surface area contributed by atoms with E-state index in [9.17, 15) is 14.0 Å². The largest absolute Gasteiger partial charge is 0.369 e. The Morgan fingerprint density at radius 3 is 2.39 bits per heavy atom. The number of nitrogens with one attached hydrogen (secondary N) is 1. The number of Topliss-reactive ketones (excluding diaryl/α,β-unsaturated/α-hetero) is 1. The second-order valence-corrected chi connectivity index (χ2v) is 8.50. The molecule has 0 bridgehead atoms. The van der Waals surface area contributed by atoms with Gasteiger partial charge in [-0.05, 0) is 63.2 Å². The first kappa shape index (κ1) is 22.9. The third kappa shape index (κ3) is 5.91. The lowest BCUT2D eigenvalue weighted by molar-refractivity contribution is -0.121. The molecule has 3 rings (SSSR count). The molecule has 166 valence electrons. The maximum atomic E-state index is 14.0. The summed E-state index contributed by atoms with van der Waals surface area (Å²) >= 11 is 0. The van der Waals surface area contributed by atoms with Crippen LogP contribution in [0.25, 0.3) is 0 Å². The van der Waals surface area contributed by atoms with Crippen LogP contribution in [-0.2, 0) is 4.79 Å². The normalized spacial score (nSPS) is 15.6. The van der Waals surface area contributed by atoms with Gasteiger partial charge in [-0.3, -0.25) is 9.59 Å². The number of anilines is 1. The maximum Gasteiger partial charge on any atom is 0.220 e. The van der Waals surface area contributed by atoms with Gasteiger partial charge in [0.25, 0.3) is 0 Å². The summed E-state index contributed by atoms with van der Waals surface area (Å²) in [5.74, 6) is -0.577. The van der Waals surface area contributed by atoms with Gasteiger partial charge in [0, 0.05) is 55.8 Å². The van der Waals surface area contributed by atoms with E-state index in [0.717, 1.165) is 48.6 Å². The molecule has 1 heterocycles. The topological polar surface area (TPSA) is 52.7 Å². The molecule has 0 aromatic heterocycles. The minimum absolute atomic E-state index is 0.0465. The molecule has 1 N–H and O–H groups in total. The number of nitrogens with zero attached hydrogens (tertiary/aromatic N) is 2. The fourth-order valence-electron chi connectivity index (χ4n) is 3.89. The molecule has 31 heavy (non-hydrogen) atoms. The van der Waals surface area contributed by atoms with Gasteiger partial charge in [0.15, 0.2) is 5.78 Å². The van der Waals surface area contributed by atoms with Crippen LogP contribution in [0.4, 0.5) is 10.1 Å². The Morgan fingerprint density at radius 2 is 1.71 bits per heavy atom. The van der Waals surface area contributed by atoms with Crippen molar-refractivity contribution in [3.63, 3.8) is 0 Å². The minimum Gasteiger partial charge on any atom is -0.369 e. The van der Waals surface area contributed by atoms with Gasteiger partial charge in [-0.15, -0.1) is 0 Å². The van der Waals surface area contributed by atoms with Gasteiger partial charge in [-0.2, -0.15) is 0 Å². The van der Waals surface area contributed by atoms with Crippen molar-refractivity contribution >= 4 is 17.4 Å². The summed E-state index contributed by atoms with van der Waals surface area (Å²) in [5, 5.41) is 2.94. The summed E-state index contributed by atoms with van der Waals surface area (Å²) in [6.07, 6.45) is 0.255. The Kier molecular flexibility index (Phi) is 7.44. The highest BCUT2D eigenvalue weighted by Crippen LogP contribution is 2.28. The number of amides is 1. The molecule has 5 nitrogen and oxygen atoms in total. The molecule has 1 aliphatic heterocycles. The lowest BCUT2D eigenvalue weighted by atomic mass is 10.0. The van der Waals surface area contributed by atoms with Crippen molar-refractivity contribution in [3.8, 4) is 0 Å². The van der Waals surface area contributed by atoms with Crippen LogP contribution in [0.5, 0.6) is 0 Å². The zero-order valence-corrected chi connectivity index (χ0v) is 18.9. The standard InChI is InChI=1S/C25H32FN3O2/c1-17-5-6-20(15-18(17)2)24(30)9-10-25(31)27-19(3)22-16-21(26)7-8-23(22)29-13-11-28(4)12-14-29/h5-8,15-16,19H,9-14H2,1-4H3,(H,27,31). The molecule has 2 aromatic carbocycles. The van der Waals surface area contributed by atoms with Crippen molar-refractivity contribution in [1.82, 2.24) is 10.2 Å². The number of carbonyl (C=O) groups is 2. The van der Waals surface area contributed by atoms with E-state index < -0.39 is 0 Å². The molecule has 1 saturated heterocycles. The van der Waals surface area contributed by atoms with E-state index in [2.05, 4.69) is 22.2 Å². The van der Waals surface area contributed by atoms with Crippen molar-refractivity contribution < 1.29 is 14.0 Å². The lowest BCUT2D eigenvalue weighted by Crippen LogP contribution is -2.45. The van der Waals surface area contributed by atoms with Gasteiger partial charge in [0.1, 0.15) is 5.82 Å². The quantitative estimate of drug-likeness (QED) is 0.681. The van der Waals surface area contributed by atoms with Crippen molar-refractivity contribution in [2.24, 2.45) is 0 Å². The Bertz CT molecular complexity index is 952. The first-order valence-electron chi connectivity index (χ1n) is 10.9. The maximum absolute atomic E-state index is 14.0. The molecule has 6 heteroatoms. The SMILES string of the molecule is Cc1ccc(C(=O)CCC(=O)NC(C)c2cc(F)ccc2N2CCN(C)CC2)cc1C. The number of likely N-dealkylation sites (N-methyl/N-ethyl adjacent to an activating group) is 1. The summed E-state index contributed by atoms with van der Waals surface area (Å²) < 4.78 is 14.0. The molecule has 0 aliphatic carbocycles. The first-order chi connectivity index (χ1) is 14.7. The third-order valence-electron chi connectivity index (χ3n) is 6.09. The summed E-state index contributed by atoms with van der Waals surface area (Å²) in [5.41, 5.74) is 4.54. The van der Waals surface area contributed by atoms with E-state index >= 15 is 0 Å². The number of rotatable bonds is 7. The van der Waals surface area contributed by atoms with Gasteiger partial charge >= 0.3 is 0 Å². The monoisotopic (exact) mass is 425 g/mol. The predicted octanol–water partition coefficient (Wildman–Crippen LogP) is 4.03.